The van der Waals surface area contributed by atoms with E-state index in [-0.39, 0.29) is 0 Å². The largest absolute Gasteiger partial charge is 0.237 e. The maximum Gasteiger partial charge on any atom is 0.164 e. The summed E-state index contributed by atoms with van der Waals surface area (Å²) in [6, 6.07) is 43.0. The van der Waals surface area contributed by atoms with E-state index in [0.717, 1.165) is 48.9 Å². The van der Waals surface area contributed by atoms with Gasteiger partial charge >= 0.3 is 0 Å². The fraction of sp³-hybridized carbons (Fsp3) is 0. The number of rotatable bonds is 4. The number of nitrogens with zero attached hydrogens (tertiary/aromatic N) is 5. The van der Waals surface area contributed by atoms with Crippen LogP contribution in [0.1, 0.15) is 0 Å². The van der Waals surface area contributed by atoms with Gasteiger partial charge in [-0.25, -0.2) is 24.9 Å². The van der Waals surface area contributed by atoms with E-state index in [4.69, 9.17) is 24.9 Å². The van der Waals surface area contributed by atoms with Gasteiger partial charge < -0.3 is 0 Å². The molecule has 8 rings (SSSR count). The number of benzene rings is 5. The molecule has 0 saturated carbocycles. The highest BCUT2D eigenvalue weighted by Crippen LogP contribution is 2.50. The van der Waals surface area contributed by atoms with Crippen molar-refractivity contribution in [1.82, 2.24) is 24.9 Å². The average Bonchev–Trinajstić information content (AvgIpc) is 3.07. The second-order valence-electron chi connectivity index (χ2n) is 9.78. The van der Waals surface area contributed by atoms with Gasteiger partial charge in [-0.1, -0.05) is 127 Å². The molecule has 7 heteroatoms. The molecule has 0 spiro atoms. The summed E-state index contributed by atoms with van der Waals surface area (Å²) in [7, 11) is 0. The van der Waals surface area contributed by atoms with Gasteiger partial charge in [0.05, 0.1) is 11.0 Å². The van der Waals surface area contributed by atoms with Crippen LogP contribution in [0.25, 0.3) is 56.3 Å². The van der Waals surface area contributed by atoms with Crippen LogP contribution in [0, 0.1) is 0 Å². The van der Waals surface area contributed by atoms with Gasteiger partial charge in [0, 0.05) is 26.5 Å². The van der Waals surface area contributed by atoms with Gasteiger partial charge in [0.1, 0.15) is 10.1 Å². The van der Waals surface area contributed by atoms with Crippen molar-refractivity contribution in [3.63, 3.8) is 0 Å². The number of hydrogen-bond donors (Lipinski definition) is 0. The van der Waals surface area contributed by atoms with E-state index in [1.54, 1.807) is 23.5 Å². The molecule has 7 aromatic rings. The minimum Gasteiger partial charge on any atom is -0.237 e. The molecule has 0 aliphatic carbocycles. The lowest BCUT2D eigenvalue weighted by molar-refractivity contribution is 0.953. The fourth-order valence-electron chi connectivity index (χ4n) is 4.99. The Morgan fingerprint density at radius 3 is 1.52 bits per heavy atom. The first-order valence-electron chi connectivity index (χ1n) is 13.5. The Hall–Kier alpha value is -4.85. The Morgan fingerprint density at radius 1 is 0.381 bits per heavy atom. The second kappa shape index (κ2) is 10.5. The molecule has 0 fully saturated rings. The van der Waals surface area contributed by atoms with Crippen molar-refractivity contribution < 1.29 is 0 Å². The smallest absolute Gasteiger partial charge is 0.164 e. The van der Waals surface area contributed by atoms with Crippen molar-refractivity contribution in [2.45, 2.75) is 19.8 Å². The summed E-state index contributed by atoms with van der Waals surface area (Å²) in [5.41, 5.74) is 6.90. The molecule has 0 unspecified atom stereocenters. The Kier molecular flexibility index (Phi) is 6.24. The van der Waals surface area contributed by atoms with Crippen molar-refractivity contribution in [3.05, 3.63) is 127 Å². The molecular formula is C35H21N5S2. The lowest BCUT2D eigenvalue weighted by Gasteiger charge is -2.20. The van der Waals surface area contributed by atoms with Crippen molar-refractivity contribution >= 4 is 34.6 Å². The summed E-state index contributed by atoms with van der Waals surface area (Å²) < 4.78 is 0. The van der Waals surface area contributed by atoms with E-state index in [1.807, 2.05) is 84.9 Å². The molecule has 5 nitrogen and oxygen atoms in total. The van der Waals surface area contributed by atoms with Gasteiger partial charge in [0.2, 0.25) is 0 Å². The highest BCUT2D eigenvalue weighted by atomic mass is 32.2. The van der Waals surface area contributed by atoms with Gasteiger partial charge in [-0.15, -0.1) is 0 Å². The van der Waals surface area contributed by atoms with Crippen LogP contribution in [0.15, 0.2) is 147 Å². The molecule has 42 heavy (non-hydrogen) atoms. The van der Waals surface area contributed by atoms with E-state index < -0.39 is 0 Å². The molecule has 1 aliphatic rings. The quantitative estimate of drug-likeness (QED) is 0.207. The van der Waals surface area contributed by atoms with Gasteiger partial charge in [0.15, 0.2) is 17.5 Å². The third-order valence-corrected chi connectivity index (χ3v) is 9.44. The van der Waals surface area contributed by atoms with E-state index in [9.17, 15) is 0 Å². The lowest BCUT2D eigenvalue weighted by atomic mass is 10.0. The van der Waals surface area contributed by atoms with E-state index in [0.29, 0.717) is 17.5 Å². The Bertz CT molecular complexity index is 2040. The topological polar surface area (TPSA) is 64.5 Å². The van der Waals surface area contributed by atoms with Crippen LogP contribution >= 0.6 is 23.5 Å². The Labute approximate surface area is 251 Å². The maximum absolute atomic E-state index is 4.94. The molecule has 0 saturated heterocycles. The van der Waals surface area contributed by atoms with Crippen molar-refractivity contribution in [1.29, 1.82) is 0 Å². The molecule has 0 atom stereocenters. The predicted octanol–water partition coefficient (Wildman–Crippen LogP) is 9.10. The first-order valence-corrected chi connectivity index (χ1v) is 15.1. The highest BCUT2D eigenvalue weighted by Gasteiger charge is 2.23. The van der Waals surface area contributed by atoms with Crippen LogP contribution in [0.2, 0.25) is 0 Å². The van der Waals surface area contributed by atoms with Crippen LogP contribution in [0.4, 0.5) is 0 Å². The number of fused-ring (bicyclic) bond motifs is 3. The van der Waals surface area contributed by atoms with Gasteiger partial charge in [-0.05, 0) is 35.4 Å². The van der Waals surface area contributed by atoms with Crippen LogP contribution in [0.5, 0.6) is 0 Å². The minimum absolute atomic E-state index is 0.638. The second-order valence-corrected chi connectivity index (χ2v) is 11.8. The molecule has 2 aromatic heterocycles. The predicted molar refractivity (Wildman–Crippen MR) is 169 cm³/mol. The maximum atomic E-state index is 4.94. The molecule has 5 aromatic carbocycles. The van der Waals surface area contributed by atoms with Crippen LogP contribution in [0.3, 0.4) is 0 Å². The minimum atomic E-state index is 0.638. The Morgan fingerprint density at radius 2 is 0.881 bits per heavy atom. The standard InChI is InChI=1S/C35H21N5S2/c1-3-11-22(12-4-1)31-38-32(23-13-5-2-6-14-23)40-33(39-31)25-16-9-15-24(21-25)26-17-10-20-29-30(26)42-35-34(41-29)36-27-18-7-8-19-28(27)37-35/h1-21H. The zero-order valence-electron chi connectivity index (χ0n) is 22.2. The number of hydrogen-bond acceptors (Lipinski definition) is 7. The molecule has 1 aliphatic heterocycles. The normalized spacial score (nSPS) is 12.1. The highest BCUT2D eigenvalue weighted by molar-refractivity contribution is 8.05. The summed E-state index contributed by atoms with van der Waals surface area (Å²) in [6.07, 6.45) is 0. The summed E-state index contributed by atoms with van der Waals surface area (Å²) in [4.78, 5) is 26.9. The first kappa shape index (κ1) is 24.9. The zero-order chi connectivity index (χ0) is 27.9. The molecule has 0 amide bonds. The van der Waals surface area contributed by atoms with E-state index >= 15 is 0 Å². The lowest BCUT2D eigenvalue weighted by Crippen LogP contribution is -2.00. The van der Waals surface area contributed by atoms with Gasteiger partial charge in [-0.2, -0.15) is 0 Å². The van der Waals surface area contributed by atoms with Crippen molar-refractivity contribution in [3.8, 4) is 45.3 Å². The van der Waals surface area contributed by atoms with E-state index in [1.165, 1.54) is 9.79 Å². The number of para-hydroxylation sites is 2. The van der Waals surface area contributed by atoms with Gasteiger partial charge in [-0.3, -0.25) is 0 Å². The Balaban J connectivity index is 1.22. The zero-order valence-corrected chi connectivity index (χ0v) is 23.8. The van der Waals surface area contributed by atoms with Crippen LogP contribution < -0.4 is 0 Å². The summed E-state index contributed by atoms with van der Waals surface area (Å²) in [6.45, 7) is 0. The van der Waals surface area contributed by atoms with Crippen LogP contribution in [-0.4, -0.2) is 24.9 Å². The molecule has 0 bridgehead atoms. The molecule has 0 radical (unpaired) electrons. The monoisotopic (exact) mass is 575 g/mol. The van der Waals surface area contributed by atoms with Crippen LogP contribution in [-0.2, 0) is 0 Å². The third-order valence-electron chi connectivity index (χ3n) is 7.02. The van der Waals surface area contributed by atoms with E-state index in [2.05, 4.69) is 42.5 Å². The fourth-order valence-corrected chi connectivity index (χ4v) is 7.26. The van der Waals surface area contributed by atoms with Gasteiger partial charge in [0.25, 0.3) is 0 Å². The average molecular weight is 576 g/mol. The van der Waals surface area contributed by atoms with Crippen molar-refractivity contribution in [2.75, 3.05) is 0 Å². The van der Waals surface area contributed by atoms with Crippen molar-refractivity contribution in [2.24, 2.45) is 0 Å². The SMILES string of the molecule is c1ccc(-c2nc(-c3ccccc3)nc(-c3cccc(-c4cccc5c4Sc4nc6ccccc6nc4S5)c3)n2)cc1. The number of aromatic nitrogens is 5. The third kappa shape index (κ3) is 4.62. The summed E-state index contributed by atoms with van der Waals surface area (Å²) in [5.74, 6) is 1.94. The molecular weight excluding hydrogens is 555 g/mol. The summed E-state index contributed by atoms with van der Waals surface area (Å²) >= 11 is 3.36. The first-order chi connectivity index (χ1) is 20.8. The molecule has 0 N–H and O–H groups in total. The summed E-state index contributed by atoms with van der Waals surface area (Å²) in [5, 5.41) is 1.89. The molecule has 198 valence electrons. The molecule has 3 heterocycles.